The summed E-state index contributed by atoms with van der Waals surface area (Å²) in [5.41, 5.74) is 3.45. The van der Waals surface area contributed by atoms with Crippen LogP contribution in [0.1, 0.15) is 36.2 Å². The number of hydrogen-bond donors (Lipinski definition) is 1. The van der Waals surface area contributed by atoms with Gasteiger partial charge in [-0.25, -0.2) is 0 Å². The molecular weight excluding hydrogens is 224 g/mol. The summed E-state index contributed by atoms with van der Waals surface area (Å²) in [5.74, 6) is 0. The first-order valence-corrected chi connectivity index (χ1v) is 6.35. The van der Waals surface area contributed by atoms with Gasteiger partial charge in [-0.3, -0.25) is 9.67 Å². The molecule has 2 heterocycles. The van der Waals surface area contributed by atoms with E-state index in [1.54, 1.807) is 0 Å². The van der Waals surface area contributed by atoms with Gasteiger partial charge in [0.2, 0.25) is 0 Å². The zero-order valence-electron chi connectivity index (χ0n) is 11.2. The summed E-state index contributed by atoms with van der Waals surface area (Å²) >= 11 is 0. The van der Waals surface area contributed by atoms with Crippen LogP contribution in [-0.2, 0) is 7.05 Å². The van der Waals surface area contributed by atoms with Crippen LogP contribution in [0, 0.1) is 6.92 Å². The Balaban J connectivity index is 2.33. The molecule has 0 bridgehead atoms. The van der Waals surface area contributed by atoms with Crippen molar-refractivity contribution in [3.8, 4) is 0 Å². The molecule has 0 saturated heterocycles. The summed E-state index contributed by atoms with van der Waals surface area (Å²) < 4.78 is 1.83. The minimum atomic E-state index is 0.125. The van der Waals surface area contributed by atoms with Crippen LogP contribution in [0.2, 0.25) is 0 Å². The fraction of sp³-hybridized carbons (Fsp3) is 0.429. The maximum absolute atomic E-state index is 4.52. The minimum Gasteiger partial charge on any atom is -0.305 e. The Morgan fingerprint density at radius 3 is 2.89 bits per heavy atom. The second kappa shape index (κ2) is 5.78. The maximum Gasteiger partial charge on any atom is 0.0784 e. The third kappa shape index (κ3) is 2.76. The SMILES string of the molecule is CCCNC(c1cnn(C)c1)c1ncccc1C. The lowest BCUT2D eigenvalue weighted by atomic mass is 10.0. The van der Waals surface area contributed by atoms with Gasteiger partial charge in [-0.1, -0.05) is 13.0 Å². The molecule has 0 aliphatic rings. The van der Waals surface area contributed by atoms with Gasteiger partial charge < -0.3 is 5.32 Å². The van der Waals surface area contributed by atoms with Gasteiger partial charge in [-0.2, -0.15) is 5.10 Å². The van der Waals surface area contributed by atoms with Gasteiger partial charge in [-0.05, 0) is 31.5 Å². The van der Waals surface area contributed by atoms with E-state index in [1.807, 2.05) is 36.4 Å². The van der Waals surface area contributed by atoms with Crippen LogP contribution >= 0.6 is 0 Å². The Morgan fingerprint density at radius 1 is 1.44 bits per heavy atom. The molecule has 18 heavy (non-hydrogen) atoms. The highest BCUT2D eigenvalue weighted by Crippen LogP contribution is 2.22. The topological polar surface area (TPSA) is 42.7 Å². The van der Waals surface area contributed by atoms with Gasteiger partial charge >= 0.3 is 0 Å². The zero-order valence-corrected chi connectivity index (χ0v) is 11.2. The van der Waals surface area contributed by atoms with Crippen molar-refractivity contribution in [2.24, 2.45) is 7.05 Å². The van der Waals surface area contributed by atoms with E-state index in [-0.39, 0.29) is 6.04 Å². The molecule has 1 atom stereocenters. The molecule has 0 aromatic carbocycles. The Bertz CT molecular complexity index is 504. The van der Waals surface area contributed by atoms with Crippen molar-refractivity contribution in [2.75, 3.05) is 6.54 Å². The van der Waals surface area contributed by atoms with Crippen LogP contribution in [-0.4, -0.2) is 21.3 Å². The normalized spacial score (nSPS) is 12.6. The molecule has 0 radical (unpaired) electrons. The lowest BCUT2D eigenvalue weighted by Gasteiger charge is -2.18. The Kier molecular flexibility index (Phi) is 4.10. The average Bonchev–Trinajstić information content (AvgIpc) is 2.78. The van der Waals surface area contributed by atoms with E-state index in [2.05, 4.69) is 35.3 Å². The molecule has 0 saturated carbocycles. The summed E-state index contributed by atoms with van der Waals surface area (Å²) in [5, 5.41) is 7.79. The second-order valence-electron chi connectivity index (χ2n) is 4.54. The summed E-state index contributed by atoms with van der Waals surface area (Å²) in [6, 6.07) is 4.19. The predicted molar refractivity (Wildman–Crippen MR) is 72.3 cm³/mol. The summed E-state index contributed by atoms with van der Waals surface area (Å²) in [6.45, 7) is 5.23. The molecular formula is C14H20N4. The van der Waals surface area contributed by atoms with Crippen molar-refractivity contribution in [3.05, 3.63) is 47.5 Å². The lowest BCUT2D eigenvalue weighted by molar-refractivity contribution is 0.583. The van der Waals surface area contributed by atoms with Crippen LogP contribution in [0.5, 0.6) is 0 Å². The standard InChI is InChI=1S/C14H20N4/c1-4-7-15-14(12-9-17-18(3)10-12)13-11(2)6-5-8-16-13/h5-6,8-10,14-15H,4,7H2,1-3H3. The number of pyridine rings is 1. The summed E-state index contributed by atoms with van der Waals surface area (Å²) in [4.78, 5) is 4.52. The predicted octanol–water partition coefficient (Wildman–Crippen LogP) is 2.21. The summed E-state index contributed by atoms with van der Waals surface area (Å²) in [6.07, 6.45) is 6.89. The third-order valence-corrected chi connectivity index (χ3v) is 2.98. The van der Waals surface area contributed by atoms with Gasteiger partial charge in [0.25, 0.3) is 0 Å². The lowest BCUT2D eigenvalue weighted by Crippen LogP contribution is -2.24. The van der Waals surface area contributed by atoms with Crippen LogP contribution in [0.4, 0.5) is 0 Å². The molecule has 4 nitrogen and oxygen atoms in total. The number of nitrogens with zero attached hydrogens (tertiary/aromatic N) is 3. The van der Waals surface area contributed by atoms with Gasteiger partial charge in [0.05, 0.1) is 17.9 Å². The van der Waals surface area contributed by atoms with E-state index in [9.17, 15) is 0 Å². The molecule has 0 spiro atoms. The Labute approximate surface area is 108 Å². The number of rotatable bonds is 5. The first-order valence-electron chi connectivity index (χ1n) is 6.35. The highest BCUT2D eigenvalue weighted by Gasteiger charge is 2.17. The van der Waals surface area contributed by atoms with Crippen molar-refractivity contribution >= 4 is 0 Å². The average molecular weight is 244 g/mol. The molecule has 1 unspecified atom stereocenters. The van der Waals surface area contributed by atoms with Crippen molar-refractivity contribution in [3.63, 3.8) is 0 Å². The van der Waals surface area contributed by atoms with Crippen LogP contribution in [0.3, 0.4) is 0 Å². The number of hydrogen-bond acceptors (Lipinski definition) is 3. The van der Waals surface area contributed by atoms with Crippen molar-refractivity contribution in [1.29, 1.82) is 0 Å². The zero-order chi connectivity index (χ0) is 13.0. The van der Waals surface area contributed by atoms with Crippen LogP contribution < -0.4 is 5.32 Å². The van der Waals surface area contributed by atoms with Gasteiger partial charge in [0.1, 0.15) is 0 Å². The van der Waals surface area contributed by atoms with E-state index in [1.165, 1.54) is 5.56 Å². The molecule has 0 fully saturated rings. The number of aromatic nitrogens is 3. The minimum absolute atomic E-state index is 0.125. The monoisotopic (exact) mass is 244 g/mol. The van der Waals surface area contributed by atoms with E-state index in [0.29, 0.717) is 0 Å². The summed E-state index contributed by atoms with van der Waals surface area (Å²) in [7, 11) is 1.94. The van der Waals surface area contributed by atoms with E-state index in [0.717, 1.165) is 24.2 Å². The quantitative estimate of drug-likeness (QED) is 0.877. The molecule has 0 aliphatic heterocycles. The van der Waals surface area contributed by atoms with Crippen LogP contribution in [0.15, 0.2) is 30.7 Å². The largest absolute Gasteiger partial charge is 0.305 e. The smallest absolute Gasteiger partial charge is 0.0784 e. The van der Waals surface area contributed by atoms with Crippen LogP contribution in [0.25, 0.3) is 0 Å². The second-order valence-corrected chi connectivity index (χ2v) is 4.54. The number of nitrogens with one attached hydrogen (secondary N) is 1. The number of aryl methyl sites for hydroxylation is 2. The highest BCUT2D eigenvalue weighted by molar-refractivity contribution is 5.29. The van der Waals surface area contributed by atoms with E-state index < -0.39 is 0 Å². The molecule has 96 valence electrons. The maximum atomic E-state index is 4.52. The Hall–Kier alpha value is -1.68. The molecule has 0 aliphatic carbocycles. The van der Waals surface area contributed by atoms with E-state index in [4.69, 9.17) is 0 Å². The van der Waals surface area contributed by atoms with Crippen molar-refractivity contribution in [2.45, 2.75) is 26.3 Å². The molecule has 2 aromatic rings. The fourth-order valence-electron chi connectivity index (χ4n) is 2.05. The van der Waals surface area contributed by atoms with Gasteiger partial charge in [-0.15, -0.1) is 0 Å². The first kappa shape index (κ1) is 12.8. The van der Waals surface area contributed by atoms with Gasteiger partial charge in [0, 0.05) is 25.0 Å². The molecule has 1 N–H and O–H groups in total. The molecule has 2 rings (SSSR count). The van der Waals surface area contributed by atoms with E-state index >= 15 is 0 Å². The highest BCUT2D eigenvalue weighted by atomic mass is 15.2. The molecule has 2 aromatic heterocycles. The Morgan fingerprint density at radius 2 is 2.28 bits per heavy atom. The molecule has 0 amide bonds. The molecule has 4 heteroatoms. The van der Waals surface area contributed by atoms with Gasteiger partial charge in [0.15, 0.2) is 0 Å². The fourth-order valence-corrected chi connectivity index (χ4v) is 2.05. The third-order valence-electron chi connectivity index (χ3n) is 2.98. The van der Waals surface area contributed by atoms with Crippen molar-refractivity contribution in [1.82, 2.24) is 20.1 Å². The van der Waals surface area contributed by atoms with Crippen molar-refractivity contribution < 1.29 is 0 Å². The first-order chi connectivity index (χ1) is 8.72.